The highest BCUT2D eigenvalue weighted by Gasteiger charge is 2.05. The van der Waals surface area contributed by atoms with Gasteiger partial charge in [0.1, 0.15) is 0 Å². The van der Waals surface area contributed by atoms with Crippen molar-refractivity contribution in [2.75, 3.05) is 18.5 Å². The van der Waals surface area contributed by atoms with Crippen molar-refractivity contribution in [1.82, 2.24) is 0 Å². The van der Waals surface area contributed by atoms with E-state index in [1.807, 2.05) is 24.3 Å². The van der Waals surface area contributed by atoms with E-state index in [0.29, 0.717) is 6.54 Å². The van der Waals surface area contributed by atoms with Gasteiger partial charge in [0.25, 0.3) is 0 Å². The molecule has 1 atom stereocenters. The maximum Gasteiger partial charge on any atom is 0.0781 e. The van der Waals surface area contributed by atoms with Crippen LogP contribution in [0.4, 0.5) is 5.69 Å². The van der Waals surface area contributed by atoms with Crippen molar-refractivity contribution in [1.29, 1.82) is 0 Å². The molecule has 0 bridgehead atoms. The number of aliphatic hydroxyl groups excluding tert-OH is 2. The second-order valence-electron chi connectivity index (χ2n) is 2.91. The van der Waals surface area contributed by atoms with E-state index in [9.17, 15) is 5.11 Å². The standard InChI is InChI=1S/C10H15NO2/c1-8(13)9-4-2-3-5-10(9)11-6-7-12/h2-5,8,11-13H,6-7H2,1H3. The summed E-state index contributed by atoms with van der Waals surface area (Å²) in [5.74, 6) is 0. The molecule has 1 aromatic rings. The van der Waals surface area contributed by atoms with Crippen molar-refractivity contribution in [2.45, 2.75) is 13.0 Å². The molecule has 3 heteroatoms. The zero-order valence-corrected chi connectivity index (χ0v) is 7.70. The quantitative estimate of drug-likeness (QED) is 0.653. The summed E-state index contributed by atoms with van der Waals surface area (Å²) >= 11 is 0. The lowest BCUT2D eigenvalue weighted by Crippen LogP contribution is -2.08. The Bertz CT molecular complexity index is 261. The number of hydrogen-bond acceptors (Lipinski definition) is 3. The van der Waals surface area contributed by atoms with Gasteiger partial charge in [-0.1, -0.05) is 18.2 Å². The Kier molecular flexibility index (Phi) is 3.73. The van der Waals surface area contributed by atoms with E-state index >= 15 is 0 Å². The van der Waals surface area contributed by atoms with Crippen LogP contribution in [0.2, 0.25) is 0 Å². The topological polar surface area (TPSA) is 52.5 Å². The van der Waals surface area contributed by atoms with Crippen LogP contribution in [0.3, 0.4) is 0 Å². The summed E-state index contributed by atoms with van der Waals surface area (Å²) in [6.07, 6.45) is -0.484. The van der Waals surface area contributed by atoms with Gasteiger partial charge in [-0.25, -0.2) is 0 Å². The smallest absolute Gasteiger partial charge is 0.0781 e. The van der Waals surface area contributed by atoms with Crippen LogP contribution in [0.15, 0.2) is 24.3 Å². The van der Waals surface area contributed by atoms with Gasteiger partial charge in [0, 0.05) is 17.8 Å². The zero-order chi connectivity index (χ0) is 9.68. The first-order chi connectivity index (χ1) is 6.25. The molecular formula is C10H15NO2. The van der Waals surface area contributed by atoms with E-state index in [4.69, 9.17) is 5.11 Å². The van der Waals surface area contributed by atoms with Gasteiger partial charge in [-0.15, -0.1) is 0 Å². The molecule has 0 radical (unpaired) electrons. The first kappa shape index (κ1) is 10.0. The number of anilines is 1. The van der Waals surface area contributed by atoms with Crippen LogP contribution in [-0.2, 0) is 0 Å². The third-order valence-corrected chi connectivity index (χ3v) is 1.84. The molecule has 0 spiro atoms. The molecule has 1 unspecified atom stereocenters. The Hall–Kier alpha value is -1.06. The Morgan fingerprint density at radius 1 is 1.38 bits per heavy atom. The summed E-state index contributed by atoms with van der Waals surface area (Å²) in [4.78, 5) is 0. The second kappa shape index (κ2) is 4.84. The number of nitrogens with one attached hydrogen (secondary N) is 1. The summed E-state index contributed by atoms with van der Waals surface area (Å²) in [5.41, 5.74) is 1.74. The Labute approximate surface area is 78.0 Å². The van der Waals surface area contributed by atoms with Crippen molar-refractivity contribution in [3.8, 4) is 0 Å². The number of para-hydroxylation sites is 1. The molecule has 0 aliphatic rings. The Balaban J connectivity index is 2.78. The van der Waals surface area contributed by atoms with Crippen LogP contribution in [0.1, 0.15) is 18.6 Å². The summed E-state index contributed by atoms with van der Waals surface area (Å²) < 4.78 is 0. The molecule has 1 rings (SSSR count). The van der Waals surface area contributed by atoms with Crippen LogP contribution < -0.4 is 5.32 Å². The van der Waals surface area contributed by atoms with Crippen molar-refractivity contribution in [3.63, 3.8) is 0 Å². The van der Waals surface area contributed by atoms with Gasteiger partial charge < -0.3 is 15.5 Å². The summed E-state index contributed by atoms with van der Waals surface area (Å²) in [7, 11) is 0. The number of rotatable bonds is 4. The first-order valence-electron chi connectivity index (χ1n) is 4.37. The molecule has 0 aromatic heterocycles. The largest absolute Gasteiger partial charge is 0.395 e. The zero-order valence-electron chi connectivity index (χ0n) is 7.70. The highest BCUT2D eigenvalue weighted by Crippen LogP contribution is 2.21. The third kappa shape index (κ3) is 2.72. The predicted molar refractivity (Wildman–Crippen MR) is 52.7 cm³/mol. The summed E-state index contributed by atoms with van der Waals surface area (Å²) in [5, 5.41) is 21.1. The minimum atomic E-state index is -0.484. The normalized spacial score (nSPS) is 12.5. The van der Waals surface area contributed by atoms with Gasteiger partial charge in [-0.3, -0.25) is 0 Å². The van der Waals surface area contributed by atoms with E-state index in [0.717, 1.165) is 11.3 Å². The van der Waals surface area contributed by atoms with Crippen LogP contribution in [-0.4, -0.2) is 23.4 Å². The van der Waals surface area contributed by atoms with Crippen molar-refractivity contribution >= 4 is 5.69 Å². The van der Waals surface area contributed by atoms with Gasteiger partial charge in [0.15, 0.2) is 0 Å². The van der Waals surface area contributed by atoms with Crippen molar-refractivity contribution in [2.24, 2.45) is 0 Å². The molecule has 0 heterocycles. The fraction of sp³-hybridized carbons (Fsp3) is 0.400. The number of hydrogen-bond donors (Lipinski definition) is 3. The molecule has 3 N–H and O–H groups in total. The minimum absolute atomic E-state index is 0.0914. The fourth-order valence-electron chi connectivity index (χ4n) is 1.21. The van der Waals surface area contributed by atoms with Crippen molar-refractivity contribution in [3.05, 3.63) is 29.8 Å². The monoisotopic (exact) mass is 181 g/mol. The van der Waals surface area contributed by atoms with E-state index in [1.165, 1.54) is 0 Å². The average molecular weight is 181 g/mol. The van der Waals surface area contributed by atoms with Crippen LogP contribution in [0, 0.1) is 0 Å². The van der Waals surface area contributed by atoms with Crippen molar-refractivity contribution < 1.29 is 10.2 Å². The summed E-state index contributed by atoms with van der Waals surface area (Å²) in [6.45, 7) is 2.32. The summed E-state index contributed by atoms with van der Waals surface area (Å²) in [6, 6.07) is 7.53. The average Bonchev–Trinajstić information content (AvgIpc) is 2.15. The lowest BCUT2D eigenvalue weighted by atomic mass is 10.1. The predicted octanol–water partition coefficient (Wildman–Crippen LogP) is 1.14. The van der Waals surface area contributed by atoms with E-state index in [-0.39, 0.29) is 6.61 Å². The molecule has 13 heavy (non-hydrogen) atoms. The minimum Gasteiger partial charge on any atom is -0.395 e. The fourth-order valence-corrected chi connectivity index (χ4v) is 1.21. The lowest BCUT2D eigenvalue weighted by Gasteiger charge is -2.12. The van der Waals surface area contributed by atoms with Crippen LogP contribution in [0.5, 0.6) is 0 Å². The molecule has 0 saturated heterocycles. The molecule has 3 nitrogen and oxygen atoms in total. The molecule has 0 saturated carbocycles. The van der Waals surface area contributed by atoms with Gasteiger partial charge in [0.2, 0.25) is 0 Å². The number of benzene rings is 1. The molecule has 0 aliphatic carbocycles. The SMILES string of the molecule is CC(O)c1ccccc1NCCO. The molecule has 0 aliphatic heterocycles. The maximum atomic E-state index is 9.40. The Morgan fingerprint density at radius 3 is 2.69 bits per heavy atom. The first-order valence-corrected chi connectivity index (χ1v) is 4.37. The van der Waals surface area contributed by atoms with E-state index < -0.39 is 6.10 Å². The highest BCUT2D eigenvalue weighted by molar-refractivity contribution is 5.51. The van der Waals surface area contributed by atoms with E-state index in [1.54, 1.807) is 6.92 Å². The van der Waals surface area contributed by atoms with Gasteiger partial charge in [0.05, 0.1) is 12.7 Å². The Morgan fingerprint density at radius 2 is 2.08 bits per heavy atom. The van der Waals surface area contributed by atoms with E-state index in [2.05, 4.69) is 5.32 Å². The highest BCUT2D eigenvalue weighted by atomic mass is 16.3. The lowest BCUT2D eigenvalue weighted by molar-refractivity contribution is 0.200. The molecular weight excluding hydrogens is 166 g/mol. The molecule has 0 fully saturated rings. The third-order valence-electron chi connectivity index (χ3n) is 1.84. The van der Waals surface area contributed by atoms with Crippen LogP contribution in [0.25, 0.3) is 0 Å². The molecule has 72 valence electrons. The second-order valence-corrected chi connectivity index (χ2v) is 2.91. The van der Waals surface area contributed by atoms with Gasteiger partial charge >= 0.3 is 0 Å². The van der Waals surface area contributed by atoms with Gasteiger partial charge in [-0.05, 0) is 13.0 Å². The molecule has 1 aromatic carbocycles. The van der Waals surface area contributed by atoms with Crippen LogP contribution >= 0.6 is 0 Å². The number of aliphatic hydroxyl groups is 2. The van der Waals surface area contributed by atoms with Gasteiger partial charge in [-0.2, -0.15) is 0 Å². The maximum absolute atomic E-state index is 9.40. The molecule has 0 amide bonds.